The molecule has 158 valence electrons. The fourth-order valence-electron chi connectivity index (χ4n) is 3.38. The van der Waals surface area contributed by atoms with Crippen LogP contribution in [0.15, 0.2) is 29.3 Å². The van der Waals surface area contributed by atoms with Crippen LogP contribution in [0.5, 0.6) is 5.75 Å². The van der Waals surface area contributed by atoms with Gasteiger partial charge in [-0.05, 0) is 50.3 Å². The molecule has 1 unspecified atom stereocenters. The van der Waals surface area contributed by atoms with E-state index >= 15 is 0 Å². The predicted octanol–water partition coefficient (Wildman–Crippen LogP) is 3.10. The molecule has 6 nitrogen and oxygen atoms in total. The molecule has 0 spiro atoms. The summed E-state index contributed by atoms with van der Waals surface area (Å²) in [5, 5.41) is 6.77. The minimum atomic E-state index is 0. The molecule has 1 aliphatic heterocycles. The number of nitrogens with one attached hydrogen (secondary N) is 2. The van der Waals surface area contributed by atoms with Crippen molar-refractivity contribution in [2.45, 2.75) is 44.1 Å². The van der Waals surface area contributed by atoms with Crippen molar-refractivity contribution in [2.24, 2.45) is 4.99 Å². The van der Waals surface area contributed by atoms with E-state index in [1.807, 2.05) is 12.1 Å². The van der Waals surface area contributed by atoms with E-state index in [1.54, 1.807) is 7.11 Å². The highest BCUT2D eigenvalue weighted by molar-refractivity contribution is 14.0. The Morgan fingerprint density at radius 3 is 2.64 bits per heavy atom. The zero-order valence-electron chi connectivity index (χ0n) is 17.0. The van der Waals surface area contributed by atoms with Crippen LogP contribution >= 0.6 is 24.0 Å². The molecule has 2 aliphatic rings. The molecular weight excluding hydrogens is 469 g/mol. The monoisotopic (exact) mass is 503 g/mol. The molecule has 1 aromatic carbocycles. The Balaban J connectivity index is 0.00000280. The lowest BCUT2D eigenvalue weighted by Gasteiger charge is -2.16. The van der Waals surface area contributed by atoms with Gasteiger partial charge in [0.15, 0.2) is 5.96 Å². The van der Waals surface area contributed by atoms with Gasteiger partial charge in [-0.1, -0.05) is 12.1 Å². The van der Waals surface area contributed by atoms with E-state index < -0.39 is 0 Å². The van der Waals surface area contributed by atoms with Crippen molar-refractivity contribution in [2.75, 3.05) is 46.6 Å². The van der Waals surface area contributed by atoms with Crippen LogP contribution in [-0.4, -0.2) is 58.6 Å². The largest absolute Gasteiger partial charge is 0.497 e. The number of rotatable bonds is 10. The molecular formula is C21H34IN3O3. The molecule has 0 amide bonds. The van der Waals surface area contributed by atoms with E-state index in [1.165, 1.54) is 18.4 Å². The first-order chi connectivity index (χ1) is 13.3. The molecule has 1 atom stereocenters. The van der Waals surface area contributed by atoms with Gasteiger partial charge in [0.1, 0.15) is 5.75 Å². The molecule has 3 rings (SSSR count). The molecule has 1 saturated carbocycles. The van der Waals surface area contributed by atoms with E-state index in [0.717, 1.165) is 64.0 Å². The molecule has 28 heavy (non-hydrogen) atoms. The van der Waals surface area contributed by atoms with Crippen LogP contribution in [0.3, 0.4) is 0 Å². The number of ether oxygens (including phenoxy) is 3. The molecule has 1 aromatic rings. The topological polar surface area (TPSA) is 64.1 Å². The van der Waals surface area contributed by atoms with Gasteiger partial charge in [-0.15, -0.1) is 24.0 Å². The van der Waals surface area contributed by atoms with Crippen LogP contribution in [0.4, 0.5) is 0 Å². The van der Waals surface area contributed by atoms with Gasteiger partial charge < -0.3 is 24.8 Å². The summed E-state index contributed by atoms with van der Waals surface area (Å²) in [6, 6.07) is 8.42. The van der Waals surface area contributed by atoms with Crippen LogP contribution in [0.2, 0.25) is 0 Å². The highest BCUT2D eigenvalue weighted by Gasteiger charge is 2.44. The fraction of sp³-hybridized carbons (Fsp3) is 0.667. The van der Waals surface area contributed by atoms with Gasteiger partial charge in [0.25, 0.3) is 0 Å². The number of methoxy groups -OCH3 is 1. The Hall–Kier alpha value is -1.06. The van der Waals surface area contributed by atoms with Gasteiger partial charge in [0, 0.05) is 31.7 Å². The summed E-state index contributed by atoms with van der Waals surface area (Å²) < 4.78 is 16.4. The van der Waals surface area contributed by atoms with Crippen molar-refractivity contribution in [3.8, 4) is 5.75 Å². The zero-order valence-corrected chi connectivity index (χ0v) is 19.4. The van der Waals surface area contributed by atoms with E-state index in [4.69, 9.17) is 19.2 Å². The van der Waals surface area contributed by atoms with Gasteiger partial charge in [-0.25, -0.2) is 0 Å². The lowest BCUT2D eigenvalue weighted by molar-refractivity contribution is 0.0420. The van der Waals surface area contributed by atoms with Crippen LogP contribution in [0.1, 0.15) is 38.2 Å². The first-order valence-corrected chi connectivity index (χ1v) is 10.1. The lowest BCUT2D eigenvalue weighted by atomic mass is 9.96. The zero-order chi connectivity index (χ0) is 19.0. The molecule has 1 aliphatic carbocycles. The summed E-state index contributed by atoms with van der Waals surface area (Å²) >= 11 is 0. The second-order valence-electron chi connectivity index (χ2n) is 7.34. The number of aliphatic imine (C=N–C) groups is 1. The van der Waals surface area contributed by atoms with Gasteiger partial charge in [-0.3, -0.25) is 4.99 Å². The fourth-order valence-corrected chi connectivity index (χ4v) is 3.38. The third-order valence-electron chi connectivity index (χ3n) is 5.30. The minimum Gasteiger partial charge on any atom is -0.497 e. The predicted molar refractivity (Wildman–Crippen MR) is 123 cm³/mol. The van der Waals surface area contributed by atoms with E-state index in [0.29, 0.717) is 0 Å². The van der Waals surface area contributed by atoms with Gasteiger partial charge >= 0.3 is 0 Å². The molecule has 0 aromatic heterocycles. The number of nitrogens with zero attached hydrogens (tertiary/aromatic N) is 1. The summed E-state index contributed by atoms with van der Waals surface area (Å²) in [5.41, 5.74) is 1.55. The quantitative estimate of drug-likeness (QED) is 0.223. The molecule has 0 radical (unpaired) electrons. The Morgan fingerprint density at radius 1 is 1.25 bits per heavy atom. The molecule has 1 heterocycles. The van der Waals surface area contributed by atoms with Gasteiger partial charge in [0.2, 0.25) is 0 Å². The van der Waals surface area contributed by atoms with Crippen molar-refractivity contribution in [1.82, 2.24) is 10.6 Å². The van der Waals surface area contributed by atoms with Gasteiger partial charge in [0.05, 0.1) is 26.4 Å². The van der Waals surface area contributed by atoms with Crippen LogP contribution in [0, 0.1) is 0 Å². The van der Waals surface area contributed by atoms with E-state index in [2.05, 4.69) is 29.7 Å². The summed E-state index contributed by atoms with van der Waals surface area (Å²) in [6.45, 7) is 6.95. The Morgan fingerprint density at radius 2 is 2.04 bits per heavy atom. The number of benzene rings is 1. The van der Waals surface area contributed by atoms with Crippen molar-refractivity contribution in [3.05, 3.63) is 29.8 Å². The summed E-state index contributed by atoms with van der Waals surface area (Å²) in [7, 11) is 1.70. The summed E-state index contributed by atoms with van der Waals surface area (Å²) in [4.78, 5) is 4.84. The first-order valence-electron chi connectivity index (χ1n) is 10.1. The number of halogens is 1. The average Bonchev–Trinajstić information content (AvgIpc) is 3.32. The maximum Gasteiger partial charge on any atom is 0.191 e. The number of guanidine groups is 1. The maximum atomic E-state index is 5.81. The molecule has 0 bridgehead atoms. The van der Waals surface area contributed by atoms with E-state index in [9.17, 15) is 0 Å². The Kier molecular flexibility index (Phi) is 9.81. The van der Waals surface area contributed by atoms with Crippen LogP contribution in [-0.2, 0) is 14.9 Å². The van der Waals surface area contributed by atoms with Gasteiger partial charge in [-0.2, -0.15) is 0 Å². The van der Waals surface area contributed by atoms with Crippen molar-refractivity contribution < 1.29 is 14.2 Å². The van der Waals surface area contributed by atoms with E-state index in [-0.39, 0.29) is 35.5 Å². The van der Waals surface area contributed by atoms with Crippen LogP contribution < -0.4 is 15.4 Å². The maximum absolute atomic E-state index is 5.81. The van der Waals surface area contributed by atoms with Crippen molar-refractivity contribution in [3.63, 3.8) is 0 Å². The molecule has 2 N–H and O–H groups in total. The Labute approximate surface area is 185 Å². The third-order valence-corrected chi connectivity index (χ3v) is 5.30. The minimum absolute atomic E-state index is 0. The summed E-state index contributed by atoms with van der Waals surface area (Å²) in [6.07, 6.45) is 4.65. The van der Waals surface area contributed by atoms with Crippen molar-refractivity contribution in [1.29, 1.82) is 0 Å². The Bertz CT molecular complexity index is 599. The first kappa shape index (κ1) is 23.2. The standard InChI is InChI=1S/C21H33N3O3.HI/c1-3-22-20(23-12-4-13-27-19-9-14-26-15-19)24-16-21(10-11-21)17-5-7-18(25-2)8-6-17;/h5-8,19H,3-4,9-16H2,1-2H3,(H2,22,23,24);1H. The smallest absolute Gasteiger partial charge is 0.191 e. The van der Waals surface area contributed by atoms with Crippen molar-refractivity contribution >= 4 is 29.9 Å². The normalized spacial score (nSPS) is 20.4. The second-order valence-corrected chi connectivity index (χ2v) is 7.34. The average molecular weight is 503 g/mol. The van der Waals surface area contributed by atoms with Crippen LogP contribution in [0.25, 0.3) is 0 Å². The number of hydrogen-bond donors (Lipinski definition) is 2. The third kappa shape index (κ3) is 6.77. The lowest BCUT2D eigenvalue weighted by Crippen LogP contribution is -2.38. The second kappa shape index (κ2) is 11.8. The SMILES string of the molecule is CCNC(=NCC1(c2ccc(OC)cc2)CC1)NCCCOC1CCOC1.I. The molecule has 7 heteroatoms. The summed E-state index contributed by atoms with van der Waals surface area (Å²) in [5.74, 6) is 1.79. The molecule has 2 fully saturated rings. The highest BCUT2D eigenvalue weighted by atomic mass is 127. The number of hydrogen-bond acceptors (Lipinski definition) is 4. The highest BCUT2D eigenvalue weighted by Crippen LogP contribution is 2.48. The molecule has 1 saturated heterocycles.